The summed E-state index contributed by atoms with van der Waals surface area (Å²) in [5, 5.41) is 7.88. The third-order valence-electron chi connectivity index (χ3n) is 6.64. The Morgan fingerprint density at radius 2 is 1.73 bits per heavy atom. The SMILES string of the molecule is Cc1ccc(NC(=O)c2nn3c(C)cc(C)nc3c2-c2ccc(C)c(S(=O)(=O)N3CCCC3)c2)c(Cl)c1. The lowest BCUT2D eigenvalue weighted by molar-refractivity contribution is 0.102. The Bertz CT molecular complexity index is 1660. The van der Waals surface area contributed by atoms with E-state index >= 15 is 0 Å². The van der Waals surface area contributed by atoms with Crippen molar-refractivity contribution >= 4 is 38.9 Å². The predicted octanol–water partition coefficient (Wildman–Crippen LogP) is 5.32. The first-order valence-corrected chi connectivity index (χ1v) is 13.9. The number of nitrogens with one attached hydrogen (secondary N) is 1. The van der Waals surface area contributed by atoms with Crippen molar-refractivity contribution in [2.75, 3.05) is 18.4 Å². The van der Waals surface area contributed by atoms with Crippen molar-refractivity contribution in [3.05, 3.63) is 75.7 Å². The largest absolute Gasteiger partial charge is 0.319 e. The molecule has 3 heterocycles. The van der Waals surface area contributed by atoms with Gasteiger partial charge in [-0.2, -0.15) is 9.40 Å². The van der Waals surface area contributed by atoms with E-state index in [2.05, 4.69) is 15.4 Å². The van der Waals surface area contributed by atoms with Crippen LogP contribution >= 0.6 is 11.6 Å². The Hall–Kier alpha value is -3.27. The van der Waals surface area contributed by atoms with Crippen LogP contribution in [0.5, 0.6) is 0 Å². The molecule has 4 aromatic rings. The van der Waals surface area contributed by atoms with Gasteiger partial charge in [0.1, 0.15) is 0 Å². The Balaban J connectivity index is 1.69. The number of nitrogens with zero attached hydrogens (tertiary/aromatic N) is 4. The maximum Gasteiger partial charge on any atom is 0.276 e. The summed E-state index contributed by atoms with van der Waals surface area (Å²) < 4.78 is 30.1. The number of halogens is 1. The molecule has 10 heteroatoms. The summed E-state index contributed by atoms with van der Waals surface area (Å²) in [6.45, 7) is 8.46. The molecule has 0 atom stereocenters. The lowest BCUT2D eigenvalue weighted by atomic mass is 10.0. The van der Waals surface area contributed by atoms with E-state index in [0.29, 0.717) is 46.1 Å². The monoisotopic (exact) mass is 537 g/mol. The van der Waals surface area contributed by atoms with Gasteiger partial charge in [-0.15, -0.1) is 0 Å². The number of fused-ring (bicyclic) bond motifs is 1. The van der Waals surface area contributed by atoms with Gasteiger partial charge in [-0.3, -0.25) is 4.79 Å². The third-order valence-corrected chi connectivity index (χ3v) is 9.00. The molecule has 8 nitrogen and oxygen atoms in total. The van der Waals surface area contributed by atoms with Crippen molar-refractivity contribution in [3.8, 4) is 11.1 Å². The summed E-state index contributed by atoms with van der Waals surface area (Å²) in [7, 11) is -3.68. The van der Waals surface area contributed by atoms with Gasteiger partial charge in [0, 0.05) is 24.5 Å². The molecule has 1 amide bonds. The summed E-state index contributed by atoms with van der Waals surface area (Å²) in [4.78, 5) is 18.5. The van der Waals surface area contributed by atoms with Gasteiger partial charge in [0.2, 0.25) is 10.0 Å². The fraction of sp³-hybridized carbons (Fsp3) is 0.296. The number of sulfonamides is 1. The fourth-order valence-corrected chi connectivity index (χ4v) is 6.80. The summed E-state index contributed by atoms with van der Waals surface area (Å²) in [6, 6.07) is 12.5. The number of carbonyl (C=O) groups excluding carboxylic acids is 1. The minimum atomic E-state index is -3.68. The van der Waals surface area contributed by atoms with Crippen LogP contribution in [0.4, 0.5) is 5.69 Å². The Labute approximate surface area is 221 Å². The van der Waals surface area contributed by atoms with Crippen molar-refractivity contribution in [1.29, 1.82) is 0 Å². The molecule has 0 unspecified atom stereocenters. The molecule has 192 valence electrons. The van der Waals surface area contributed by atoms with E-state index in [-0.39, 0.29) is 10.6 Å². The fourth-order valence-electron chi connectivity index (χ4n) is 4.75. The molecule has 37 heavy (non-hydrogen) atoms. The highest BCUT2D eigenvalue weighted by Gasteiger charge is 2.30. The van der Waals surface area contributed by atoms with Crippen LogP contribution in [0.25, 0.3) is 16.8 Å². The second-order valence-corrected chi connectivity index (χ2v) is 11.8. The number of rotatable bonds is 5. The van der Waals surface area contributed by atoms with Gasteiger partial charge in [-0.05, 0) is 81.5 Å². The average molecular weight is 538 g/mol. The molecule has 5 rings (SSSR count). The number of benzene rings is 2. The highest BCUT2D eigenvalue weighted by Crippen LogP contribution is 2.34. The Morgan fingerprint density at radius 3 is 2.43 bits per heavy atom. The first-order chi connectivity index (χ1) is 17.6. The van der Waals surface area contributed by atoms with Crippen molar-refractivity contribution in [1.82, 2.24) is 18.9 Å². The molecule has 1 aliphatic heterocycles. The topological polar surface area (TPSA) is 96.7 Å². The normalized spacial score (nSPS) is 14.4. The molecular formula is C27H28ClN5O3S. The summed E-state index contributed by atoms with van der Waals surface area (Å²) >= 11 is 6.37. The second kappa shape index (κ2) is 9.55. The van der Waals surface area contributed by atoms with E-state index < -0.39 is 15.9 Å². The lowest BCUT2D eigenvalue weighted by Gasteiger charge is -2.18. The van der Waals surface area contributed by atoms with Crippen LogP contribution in [-0.4, -0.2) is 46.3 Å². The zero-order valence-corrected chi connectivity index (χ0v) is 22.7. The van der Waals surface area contributed by atoms with Crippen LogP contribution in [0.2, 0.25) is 5.02 Å². The molecule has 2 aromatic heterocycles. The van der Waals surface area contributed by atoms with Gasteiger partial charge in [0.15, 0.2) is 11.3 Å². The van der Waals surface area contributed by atoms with E-state index in [1.165, 1.54) is 4.31 Å². The highest BCUT2D eigenvalue weighted by molar-refractivity contribution is 7.89. The van der Waals surface area contributed by atoms with E-state index in [1.807, 2.05) is 39.0 Å². The van der Waals surface area contributed by atoms with Gasteiger partial charge in [0.25, 0.3) is 5.91 Å². The minimum absolute atomic E-state index is 0.131. The molecule has 0 bridgehead atoms. The van der Waals surface area contributed by atoms with Crippen molar-refractivity contribution in [2.24, 2.45) is 0 Å². The predicted molar refractivity (Wildman–Crippen MR) is 145 cm³/mol. The molecule has 1 N–H and O–H groups in total. The van der Waals surface area contributed by atoms with Crippen LogP contribution in [0.1, 0.15) is 45.8 Å². The maximum atomic E-state index is 13.6. The van der Waals surface area contributed by atoms with Crippen LogP contribution in [-0.2, 0) is 10.0 Å². The Morgan fingerprint density at radius 1 is 1.00 bits per heavy atom. The molecule has 0 saturated carbocycles. The molecular weight excluding hydrogens is 510 g/mol. The van der Waals surface area contributed by atoms with Crippen LogP contribution in [0.3, 0.4) is 0 Å². The third kappa shape index (κ3) is 4.63. The maximum absolute atomic E-state index is 13.6. The number of aromatic nitrogens is 3. The number of aryl methyl sites for hydroxylation is 4. The van der Waals surface area contributed by atoms with Crippen molar-refractivity contribution < 1.29 is 13.2 Å². The van der Waals surface area contributed by atoms with Gasteiger partial charge in [-0.1, -0.05) is 29.8 Å². The van der Waals surface area contributed by atoms with Crippen molar-refractivity contribution in [2.45, 2.75) is 45.4 Å². The average Bonchev–Trinajstić information content (AvgIpc) is 3.50. The lowest BCUT2D eigenvalue weighted by Crippen LogP contribution is -2.28. The first kappa shape index (κ1) is 25.4. The van der Waals surface area contributed by atoms with E-state index in [0.717, 1.165) is 29.8 Å². The molecule has 0 radical (unpaired) electrons. The molecule has 1 aliphatic rings. The van der Waals surface area contributed by atoms with E-state index in [4.69, 9.17) is 11.6 Å². The van der Waals surface area contributed by atoms with Gasteiger partial charge in [0.05, 0.1) is 21.2 Å². The number of carbonyl (C=O) groups is 1. The smallest absolute Gasteiger partial charge is 0.276 e. The number of hydrogen-bond donors (Lipinski definition) is 1. The standard InChI is InChI=1S/C27H28ClN5O3S/c1-16-7-10-22(21(28)13-16)30-27(34)25-24(26-29-18(3)14-19(4)33(26)31-25)20-9-8-17(2)23(15-20)37(35,36)32-11-5-6-12-32/h7-10,13-15H,5-6,11-12H2,1-4H3,(H,30,34). The molecule has 0 aliphatic carbocycles. The Kier molecular flexibility index (Phi) is 6.55. The summed E-state index contributed by atoms with van der Waals surface area (Å²) in [5.74, 6) is -0.465. The van der Waals surface area contributed by atoms with Crippen molar-refractivity contribution in [3.63, 3.8) is 0 Å². The van der Waals surface area contributed by atoms with Crippen LogP contribution < -0.4 is 5.32 Å². The van der Waals surface area contributed by atoms with Gasteiger partial charge < -0.3 is 5.32 Å². The number of anilines is 1. The summed E-state index contributed by atoms with van der Waals surface area (Å²) in [6.07, 6.45) is 1.70. The number of amides is 1. The second-order valence-electron chi connectivity index (χ2n) is 9.53. The van der Waals surface area contributed by atoms with Crippen LogP contribution in [0, 0.1) is 27.7 Å². The summed E-state index contributed by atoms with van der Waals surface area (Å²) in [5.41, 5.74) is 5.26. The zero-order chi connectivity index (χ0) is 26.5. The van der Waals surface area contributed by atoms with Gasteiger partial charge in [-0.25, -0.2) is 17.9 Å². The van der Waals surface area contributed by atoms with Crippen LogP contribution in [0.15, 0.2) is 47.4 Å². The zero-order valence-electron chi connectivity index (χ0n) is 21.2. The number of hydrogen-bond acceptors (Lipinski definition) is 5. The highest BCUT2D eigenvalue weighted by atomic mass is 35.5. The van der Waals surface area contributed by atoms with E-state index in [9.17, 15) is 13.2 Å². The molecule has 0 spiro atoms. The molecule has 2 aromatic carbocycles. The van der Waals surface area contributed by atoms with E-state index in [1.54, 1.807) is 35.7 Å². The first-order valence-electron chi connectivity index (χ1n) is 12.1. The molecule has 1 fully saturated rings. The van der Waals surface area contributed by atoms with Gasteiger partial charge >= 0.3 is 0 Å². The minimum Gasteiger partial charge on any atom is -0.319 e. The quantitative estimate of drug-likeness (QED) is 0.371. The molecule has 1 saturated heterocycles.